The first-order chi connectivity index (χ1) is 11.1. The van der Waals surface area contributed by atoms with Gasteiger partial charge in [0.05, 0.1) is 10.7 Å². The SMILES string of the molecule is O=C(CCc1ccc2c(c1)OCCO2)Nc1cccc(Cl)c1F. The summed E-state index contributed by atoms with van der Waals surface area (Å²) in [6.45, 7) is 1.06. The number of hydrogen-bond acceptors (Lipinski definition) is 3. The number of rotatable bonds is 4. The molecule has 2 aromatic carbocycles. The van der Waals surface area contributed by atoms with Crippen molar-refractivity contribution in [2.24, 2.45) is 0 Å². The van der Waals surface area contributed by atoms with Gasteiger partial charge in [-0.05, 0) is 36.2 Å². The Bertz CT molecular complexity index is 736. The number of amides is 1. The Labute approximate surface area is 138 Å². The molecule has 1 N–H and O–H groups in total. The molecule has 4 nitrogen and oxygen atoms in total. The van der Waals surface area contributed by atoms with E-state index in [1.165, 1.54) is 12.1 Å². The van der Waals surface area contributed by atoms with E-state index in [9.17, 15) is 9.18 Å². The molecule has 1 heterocycles. The van der Waals surface area contributed by atoms with Gasteiger partial charge in [0.1, 0.15) is 13.2 Å². The van der Waals surface area contributed by atoms with Gasteiger partial charge in [-0.25, -0.2) is 4.39 Å². The second-order valence-electron chi connectivity index (χ2n) is 5.13. The highest BCUT2D eigenvalue weighted by Gasteiger charge is 2.13. The summed E-state index contributed by atoms with van der Waals surface area (Å²) in [4.78, 5) is 12.0. The Morgan fingerprint density at radius 2 is 1.96 bits per heavy atom. The highest BCUT2D eigenvalue weighted by molar-refractivity contribution is 6.31. The van der Waals surface area contributed by atoms with E-state index in [0.29, 0.717) is 31.1 Å². The number of hydrogen-bond donors (Lipinski definition) is 1. The predicted octanol–water partition coefficient (Wildman–Crippen LogP) is 3.82. The smallest absolute Gasteiger partial charge is 0.224 e. The minimum Gasteiger partial charge on any atom is -0.486 e. The summed E-state index contributed by atoms with van der Waals surface area (Å²) in [6, 6.07) is 10.1. The molecule has 1 aliphatic rings. The lowest BCUT2D eigenvalue weighted by Gasteiger charge is -2.18. The van der Waals surface area contributed by atoms with Crippen LogP contribution in [0.25, 0.3) is 0 Å². The van der Waals surface area contributed by atoms with Gasteiger partial charge in [-0.3, -0.25) is 4.79 Å². The van der Waals surface area contributed by atoms with Crippen molar-refractivity contribution in [1.29, 1.82) is 0 Å². The summed E-state index contributed by atoms with van der Waals surface area (Å²) in [5, 5.41) is 2.51. The number of anilines is 1. The van der Waals surface area contributed by atoms with Gasteiger partial charge < -0.3 is 14.8 Å². The van der Waals surface area contributed by atoms with Crippen LogP contribution in [0.3, 0.4) is 0 Å². The molecule has 0 spiro atoms. The zero-order valence-corrected chi connectivity index (χ0v) is 13.0. The zero-order chi connectivity index (χ0) is 16.2. The van der Waals surface area contributed by atoms with Crippen LogP contribution in [-0.2, 0) is 11.2 Å². The molecule has 0 atom stereocenters. The molecule has 3 rings (SSSR count). The third-order valence-electron chi connectivity index (χ3n) is 3.47. The molecule has 0 aliphatic carbocycles. The molecule has 23 heavy (non-hydrogen) atoms. The minimum absolute atomic E-state index is 0.0189. The van der Waals surface area contributed by atoms with Crippen molar-refractivity contribution in [1.82, 2.24) is 0 Å². The summed E-state index contributed by atoms with van der Waals surface area (Å²) in [5.41, 5.74) is 1.04. The van der Waals surface area contributed by atoms with E-state index in [2.05, 4.69) is 5.32 Å². The number of fused-ring (bicyclic) bond motifs is 1. The van der Waals surface area contributed by atoms with E-state index in [1.54, 1.807) is 6.07 Å². The van der Waals surface area contributed by atoms with E-state index in [0.717, 1.165) is 5.56 Å². The molecule has 0 aromatic heterocycles. The number of nitrogens with one attached hydrogen (secondary N) is 1. The highest BCUT2D eigenvalue weighted by Crippen LogP contribution is 2.31. The Balaban J connectivity index is 1.60. The maximum Gasteiger partial charge on any atom is 0.224 e. The van der Waals surface area contributed by atoms with Crippen LogP contribution in [0.2, 0.25) is 5.02 Å². The van der Waals surface area contributed by atoms with Crippen LogP contribution in [0.5, 0.6) is 11.5 Å². The Kier molecular flexibility index (Phi) is 4.67. The lowest BCUT2D eigenvalue weighted by Crippen LogP contribution is -2.16. The molecule has 0 radical (unpaired) electrons. The number of carbonyl (C=O) groups excluding carboxylic acids is 1. The molecule has 1 amide bonds. The molecule has 0 bridgehead atoms. The average Bonchev–Trinajstić information content (AvgIpc) is 2.57. The van der Waals surface area contributed by atoms with Gasteiger partial charge >= 0.3 is 0 Å². The van der Waals surface area contributed by atoms with E-state index < -0.39 is 5.82 Å². The second kappa shape index (κ2) is 6.87. The van der Waals surface area contributed by atoms with Gasteiger partial charge in [-0.15, -0.1) is 0 Å². The van der Waals surface area contributed by atoms with Gasteiger partial charge in [0.15, 0.2) is 17.3 Å². The molecule has 1 aliphatic heterocycles. The first kappa shape index (κ1) is 15.6. The Morgan fingerprint density at radius 1 is 1.17 bits per heavy atom. The van der Waals surface area contributed by atoms with E-state index >= 15 is 0 Å². The molecule has 0 unspecified atom stereocenters. The third-order valence-corrected chi connectivity index (χ3v) is 3.76. The maximum atomic E-state index is 13.7. The number of benzene rings is 2. The van der Waals surface area contributed by atoms with Crippen molar-refractivity contribution in [3.8, 4) is 11.5 Å². The van der Waals surface area contributed by atoms with Crippen molar-refractivity contribution < 1.29 is 18.7 Å². The summed E-state index contributed by atoms with van der Waals surface area (Å²) in [5.74, 6) is 0.503. The van der Waals surface area contributed by atoms with Gasteiger partial charge in [0.25, 0.3) is 0 Å². The number of aryl methyl sites for hydroxylation is 1. The van der Waals surface area contributed by atoms with Crippen LogP contribution in [-0.4, -0.2) is 19.1 Å². The van der Waals surface area contributed by atoms with Crippen molar-refractivity contribution in [2.75, 3.05) is 18.5 Å². The fourth-order valence-corrected chi connectivity index (χ4v) is 2.49. The Morgan fingerprint density at radius 3 is 2.78 bits per heavy atom. The lowest BCUT2D eigenvalue weighted by molar-refractivity contribution is -0.116. The van der Waals surface area contributed by atoms with Gasteiger partial charge in [0.2, 0.25) is 5.91 Å². The van der Waals surface area contributed by atoms with Crippen LogP contribution >= 0.6 is 11.6 Å². The maximum absolute atomic E-state index is 13.7. The quantitative estimate of drug-likeness (QED) is 0.924. The number of halogens is 2. The van der Waals surface area contributed by atoms with Crippen LogP contribution < -0.4 is 14.8 Å². The molecular formula is C17H15ClFNO3. The fourth-order valence-electron chi connectivity index (χ4n) is 2.31. The summed E-state index contributed by atoms with van der Waals surface area (Å²) >= 11 is 5.69. The van der Waals surface area contributed by atoms with E-state index in [4.69, 9.17) is 21.1 Å². The normalized spacial score (nSPS) is 12.8. The van der Waals surface area contributed by atoms with Gasteiger partial charge in [0, 0.05) is 6.42 Å². The van der Waals surface area contributed by atoms with Crippen molar-refractivity contribution in [3.05, 3.63) is 52.8 Å². The third kappa shape index (κ3) is 3.74. The number of ether oxygens (including phenoxy) is 2. The topological polar surface area (TPSA) is 47.6 Å². The average molecular weight is 336 g/mol. The first-order valence-electron chi connectivity index (χ1n) is 7.26. The van der Waals surface area contributed by atoms with Crippen LogP contribution in [0.4, 0.5) is 10.1 Å². The largest absolute Gasteiger partial charge is 0.486 e. The summed E-state index contributed by atoms with van der Waals surface area (Å²) < 4.78 is 24.7. The highest BCUT2D eigenvalue weighted by atomic mass is 35.5. The molecule has 2 aromatic rings. The Hall–Kier alpha value is -2.27. The molecule has 0 saturated heterocycles. The molecule has 0 fully saturated rings. The monoisotopic (exact) mass is 335 g/mol. The number of carbonyl (C=O) groups is 1. The lowest BCUT2D eigenvalue weighted by atomic mass is 10.1. The molecule has 0 saturated carbocycles. The van der Waals surface area contributed by atoms with E-state index in [1.807, 2.05) is 18.2 Å². The van der Waals surface area contributed by atoms with Crippen LogP contribution in [0.15, 0.2) is 36.4 Å². The van der Waals surface area contributed by atoms with Crippen LogP contribution in [0.1, 0.15) is 12.0 Å². The second-order valence-corrected chi connectivity index (χ2v) is 5.53. The summed E-state index contributed by atoms with van der Waals surface area (Å²) in [6.07, 6.45) is 0.746. The molecule has 120 valence electrons. The van der Waals surface area contributed by atoms with Gasteiger partial charge in [-0.1, -0.05) is 23.7 Å². The van der Waals surface area contributed by atoms with Crippen LogP contribution in [0, 0.1) is 5.82 Å². The van der Waals surface area contributed by atoms with Gasteiger partial charge in [-0.2, -0.15) is 0 Å². The molecular weight excluding hydrogens is 321 g/mol. The standard InChI is InChI=1S/C17H15ClFNO3/c18-12-2-1-3-13(17(12)19)20-16(21)7-5-11-4-6-14-15(10-11)23-9-8-22-14/h1-4,6,10H,5,7-9H2,(H,20,21). The fraction of sp³-hybridized carbons (Fsp3) is 0.235. The van der Waals surface area contributed by atoms with Crippen molar-refractivity contribution >= 4 is 23.2 Å². The summed E-state index contributed by atoms with van der Waals surface area (Å²) in [7, 11) is 0. The zero-order valence-electron chi connectivity index (χ0n) is 12.3. The predicted molar refractivity (Wildman–Crippen MR) is 85.8 cm³/mol. The van der Waals surface area contributed by atoms with Crippen molar-refractivity contribution in [2.45, 2.75) is 12.8 Å². The van der Waals surface area contributed by atoms with Crippen molar-refractivity contribution in [3.63, 3.8) is 0 Å². The first-order valence-corrected chi connectivity index (χ1v) is 7.63. The molecule has 6 heteroatoms. The van der Waals surface area contributed by atoms with E-state index in [-0.39, 0.29) is 23.0 Å². The minimum atomic E-state index is -0.623.